The molecule has 1 atom stereocenters. The van der Waals surface area contributed by atoms with Gasteiger partial charge in [-0.3, -0.25) is 0 Å². The summed E-state index contributed by atoms with van der Waals surface area (Å²) >= 11 is 0. The zero-order valence-corrected chi connectivity index (χ0v) is 14.3. The topological polar surface area (TPSA) is 21.3 Å². The van der Waals surface area contributed by atoms with Gasteiger partial charge in [-0.05, 0) is 49.4 Å². The summed E-state index contributed by atoms with van der Waals surface area (Å²) in [5.74, 6) is 1.83. The van der Waals surface area contributed by atoms with E-state index in [4.69, 9.17) is 4.74 Å². The maximum Gasteiger partial charge on any atom is 0.123 e. The van der Waals surface area contributed by atoms with E-state index in [9.17, 15) is 0 Å². The molecule has 0 bridgehead atoms. The molecule has 1 aliphatic heterocycles. The fourth-order valence-electron chi connectivity index (χ4n) is 2.96. The summed E-state index contributed by atoms with van der Waals surface area (Å²) in [6.45, 7) is 13.3. The van der Waals surface area contributed by atoms with Crippen LogP contribution in [0.4, 0.5) is 0 Å². The first-order valence-corrected chi connectivity index (χ1v) is 8.44. The number of rotatable bonds is 7. The van der Waals surface area contributed by atoms with Gasteiger partial charge in [0, 0.05) is 17.0 Å². The van der Waals surface area contributed by atoms with Crippen LogP contribution in [0.2, 0.25) is 0 Å². The number of hydrogen-bond acceptors (Lipinski definition) is 2. The minimum Gasteiger partial charge on any atom is -0.492 e. The van der Waals surface area contributed by atoms with Gasteiger partial charge in [0.05, 0.1) is 6.61 Å². The van der Waals surface area contributed by atoms with Crippen molar-refractivity contribution in [3.8, 4) is 5.75 Å². The van der Waals surface area contributed by atoms with E-state index in [1.807, 2.05) is 0 Å². The lowest BCUT2D eigenvalue weighted by Crippen LogP contribution is -2.23. The molecule has 0 amide bonds. The average Bonchev–Trinajstić information content (AvgIpc) is 2.74. The third-order valence-electron chi connectivity index (χ3n) is 4.40. The quantitative estimate of drug-likeness (QED) is 0.776. The van der Waals surface area contributed by atoms with Crippen LogP contribution in [-0.2, 0) is 5.41 Å². The van der Waals surface area contributed by atoms with Gasteiger partial charge in [-0.15, -0.1) is 0 Å². The van der Waals surface area contributed by atoms with Crippen LogP contribution in [0.3, 0.4) is 0 Å². The van der Waals surface area contributed by atoms with Gasteiger partial charge in [-0.2, -0.15) is 0 Å². The minimum absolute atomic E-state index is 0.138. The van der Waals surface area contributed by atoms with Gasteiger partial charge in [0.25, 0.3) is 0 Å². The van der Waals surface area contributed by atoms with Crippen LogP contribution in [0.15, 0.2) is 18.2 Å². The zero-order chi connectivity index (χ0) is 15.5. The van der Waals surface area contributed by atoms with Crippen molar-refractivity contribution in [2.45, 2.75) is 65.3 Å². The Labute approximate surface area is 130 Å². The third kappa shape index (κ3) is 4.00. The largest absolute Gasteiger partial charge is 0.492 e. The lowest BCUT2D eigenvalue weighted by Gasteiger charge is -2.22. The molecule has 1 heterocycles. The maximum atomic E-state index is 5.81. The Morgan fingerprint density at radius 1 is 1.24 bits per heavy atom. The highest BCUT2D eigenvalue weighted by atomic mass is 16.5. The molecule has 0 aliphatic carbocycles. The summed E-state index contributed by atoms with van der Waals surface area (Å²) in [7, 11) is 0. The van der Waals surface area contributed by atoms with E-state index in [-0.39, 0.29) is 5.41 Å². The first-order chi connectivity index (χ1) is 9.94. The maximum absolute atomic E-state index is 5.81. The van der Waals surface area contributed by atoms with Gasteiger partial charge in [-0.1, -0.05) is 40.7 Å². The van der Waals surface area contributed by atoms with Crippen LogP contribution in [0.25, 0.3) is 0 Å². The van der Waals surface area contributed by atoms with Gasteiger partial charge >= 0.3 is 0 Å². The van der Waals surface area contributed by atoms with Crippen LogP contribution in [0, 0.1) is 5.92 Å². The monoisotopic (exact) mass is 289 g/mol. The van der Waals surface area contributed by atoms with E-state index >= 15 is 0 Å². The smallest absolute Gasteiger partial charge is 0.123 e. The lowest BCUT2D eigenvalue weighted by atomic mass is 9.85. The Morgan fingerprint density at radius 3 is 2.67 bits per heavy atom. The Bertz CT molecular complexity index is 465. The molecule has 1 aromatic rings. The molecule has 1 N–H and O–H groups in total. The predicted octanol–water partition coefficient (Wildman–Crippen LogP) is 4.83. The molecule has 1 unspecified atom stereocenters. The second-order valence-electron chi connectivity index (χ2n) is 7.41. The summed E-state index contributed by atoms with van der Waals surface area (Å²) < 4.78 is 5.81. The fraction of sp³-hybridized carbons (Fsp3) is 0.684. The van der Waals surface area contributed by atoms with Gasteiger partial charge in [0.1, 0.15) is 5.75 Å². The molecule has 0 saturated heterocycles. The average molecular weight is 289 g/mol. The van der Waals surface area contributed by atoms with Crippen LogP contribution in [0.1, 0.15) is 71.0 Å². The van der Waals surface area contributed by atoms with E-state index in [0.717, 1.165) is 24.8 Å². The molecule has 0 saturated carbocycles. The van der Waals surface area contributed by atoms with Gasteiger partial charge < -0.3 is 10.1 Å². The van der Waals surface area contributed by atoms with Crippen molar-refractivity contribution in [1.29, 1.82) is 0 Å². The number of hydrogen-bond donors (Lipinski definition) is 1. The Hall–Kier alpha value is -1.02. The first-order valence-electron chi connectivity index (χ1n) is 8.44. The first kappa shape index (κ1) is 16.4. The van der Waals surface area contributed by atoms with Crippen molar-refractivity contribution >= 4 is 0 Å². The van der Waals surface area contributed by atoms with Crippen molar-refractivity contribution in [2.75, 3.05) is 13.2 Å². The number of fused-ring (bicyclic) bond motifs is 1. The number of benzene rings is 1. The third-order valence-corrected chi connectivity index (χ3v) is 4.40. The van der Waals surface area contributed by atoms with E-state index in [0.29, 0.717) is 6.04 Å². The van der Waals surface area contributed by atoms with Crippen LogP contribution in [0.5, 0.6) is 5.75 Å². The van der Waals surface area contributed by atoms with Crippen molar-refractivity contribution in [3.05, 3.63) is 29.3 Å². The molecule has 1 aliphatic rings. The Kier molecular flexibility index (Phi) is 5.32. The van der Waals surface area contributed by atoms with Crippen LogP contribution < -0.4 is 10.1 Å². The fourth-order valence-corrected chi connectivity index (χ4v) is 2.96. The molecule has 2 nitrogen and oxygen atoms in total. The van der Waals surface area contributed by atoms with E-state index in [2.05, 4.69) is 58.1 Å². The van der Waals surface area contributed by atoms with E-state index < -0.39 is 0 Å². The molecule has 0 aromatic heterocycles. The molecule has 1 aromatic carbocycles. The molecular weight excluding hydrogens is 258 g/mol. The molecule has 2 rings (SSSR count). The van der Waals surface area contributed by atoms with Crippen molar-refractivity contribution in [2.24, 2.45) is 5.92 Å². The van der Waals surface area contributed by atoms with E-state index in [1.54, 1.807) is 0 Å². The van der Waals surface area contributed by atoms with Crippen LogP contribution >= 0.6 is 0 Å². The normalized spacial score (nSPS) is 17.6. The van der Waals surface area contributed by atoms with Crippen molar-refractivity contribution in [3.63, 3.8) is 0 Å². The second-order valence-corrected chi connectivity index (χ2v) is 7.41. The molecule has 2 heteroatoms. The summed E-state index contributed by atoms with van der Waals surface area (Å²) in [4.78, 5) is 0. The summed E-state index contributed by atoms with van der Waals surface area (Å²) in [5.41, 5.74) is 2.92. The highest BCUT2D eigenvalue weighted by molar-refractivity contribution is 5.45. The standard InChI is InChI=1S/C19H31NO/c1-6-11-20-17(9-7-14(2)3)15-8-10-18-16(12-15)19(4,5)13-21-18/h8,10,12,14,17,20H,6-7,9,11,13H2,1-5H3. The van der Waals surface area contributed by atoms with Gasteiger partial charge in [0.15, 0.2) is 0 Å². The SMILES string of the molecule is CCCNC(CCC(C)C)c1ccc2c(c1)C(C)(C)CO2. The van der Waals surface area contributed by atoms with Crippen molar-refractivity contribution < 1.29 is 4.74 Å². The molecular formula is C19H31NO. The Morgan fingerprint density at radius 2 is 2.00 bits per heavy atom. The highest BCUT2D eigenvalue weighted by Gasteiger charge is 2.32. The summed E-state index contributed by atoms with van der Waals surface area (Å²) in [6, 6.07) is 7.24. The molecule has 118 valence electrons. The van der Waals surface area contributed by atoms with Gasteiger partial charge in [0.2, 0.25) is 0 Å². The second kappa shape index (κ2) is 6.83. The number of nitrogens with one attached hydrogen (secondary N) is 1. The summed E-state index contributed by atoms with van der Waals surface area (Å²) in [6.07, 6.45) is 3.65. The lowest BCUT2D eigenvalue weighted by molar-refractivity contribution is 0.291. The molecule has 0 spiro atoms. The van der Waals surface area contributed by atoms with Crippen molar-refractivity contribution in [1.82, 2.24) is 5.32 Å². The molecule has 21 heavy (non-hydrogen) atoms. The van der Waals surface area contributed by atoms with Gasteiger partial charge in [-0.25, -0.2) is 0 Å². The summed E-state index contributed by atoms with van der Waals surface area (Å²) in [5, 5.41) is 3.72. The molecule has 0 radical (unpaired) electrons. The predicted molar refractivity (Wildman–Crippen MR) is 90.1 cm³/mol. The van der Waals surface area contributed by atoms with E-state index in [1.165, 1.54) is 30.4 Å². The number of ether oxygens (including phenoxy) is 1. The molecule has 0 fully saturated rings. The highest BCUT2D eigenvalue weighted by Crippen LogP contribution is 2.40. The Balaban J connectivity index is 2.19. The van der Waals surface area contributed by atoms with Crippen LogP contribution in [-0.4, -0.2) is 13.2 Å². The zero-order valence-electron chi connectivity index (χ0n) is 14.3. The minimum atomic E-state index is 0.138.